The third kappa shape index (κ3) is 4.38. The fourth-order valence-electron chi connectivity index (χ4n) is 4.14. The second kappa shape index (κ2) is 8.88. The molecule has 32 heavy (non-hydrogen) atoms. The Balaban J connectivity index is 1.66. The summed E-state index contributed by atoms with van der Waals surface area (Å²) < 4.78 is 10.1. The zero-order valence-electron chi connectivity index (χ0n) is 19.0. The molecule has 0 aliphatic heterocycles. The van der Waals surface area contributed by atoms with E-state index < -0.39 is 0 Å². The second-order valence-corrected chi connectivity index (χ2v) is 8.69. The number of hydrogen-bond donors (Lipinski definition) is 0. The van der Waals surface area contributed by atoms with Crippen molar-refractivity contribution in [3.63, 3.8) is 0 Å². The molecule has 0 aromatic heterocycles. The van der Waals surface area contributed by atoms with Crippen LogP contribution in [0, 0.1) is 0 Å². The first kappa shape index (κ1) is 21.6. The molecule has 0 unspecified atom stereocenters. The fourth-order valence-corrected chi connectivity index (χ4v) is 4.14. The summed E-state index contributed by atoms with van der Waals surface area (Å²) in [5, 5.41) is 0. The molecule has 0 radical (unpaired) electrons. The molecule has 1 aliphatic rings. The van der Waals surface area contributed by atoms with Crippen molar-refractivity contribution >= 4 is 23.7 Å². The molecule has 0 heterocycles. The number of hydrogen-bond acceptors (Lipinski definition) is 3. The number of methoxy groups -OCH3 is 2. The molecule has 1 aliphatic carbocycles. The molecule has 3 aromatic carbocycles. The van der Waals surface area contributed by atoms with Crippen molar-refractivity contribution < 1.29 is 14.3 Å². The third-order valence-corrected chi connectivity index (χ3v) is 6.08. The van der Waals surface area contributed by atoms with E-state index >= 15 is 0 Å². The quantitative estimate of drug-likeness (QED) is 0.335. The van der Waals surface area contributed by atoms with E-state index in [4.69, 9.17) is 9.47 Å². The van der Waals surface area contributed by atoms with Crippen LogP contribution in [0.5, 0.6) is 5.75 Å². The number of benzene rings is 3. The Bertz CT molecular complexity index is 1180. The molecule has 3 nitrogen and oxygen atoms in total. The molecular formula is C29H28O3. The molecule has 0 saturated carbocycles. The van der Waals surface area contributed by atoms with E-state index in [1.165, 1.54) is 29.4 Å². The smallest absolute Gasteiger partial charge is 0.337 e. The van der Waals surface area contributed by atoms with Gasteiger partial charge in [0.05, 0.1) is 19.8 Å². The Hall–Kier alpha value is -3.59. The number of rotatable bonds is 5. The Morgan fingerprint density at radius 3 is 2.19 bits per heavy atom. The van der Waals surface area contributed by atoms with Crippen molar-refractivity contribution in [1.29, 1.82) is 0 Å². The van der Waals surface area contributed by atoms with Gasteiger partial charge < -0.3 is 9.47 Å². The highest BCUT2D eigenvalue weighted by molar-refractivity contribution is 5.90. The summed E-state index contributed by atoms with van der Waals surface area (Å²) >= 11 is 0. The van der Waals surface area contributed by atoms with Crippen LogP contribution in [0.15, 0.2) is 72.8 Å². The van der Waals surface area contributed by atoms with E-state index in [0.29, 0.717) is 5.56 Å². The summed E-state index contributed by atoms with van der Waals surface area (Å²) in [4.78, 5) is 11.6. The maximum atomic E-state index is 11.6. The lowest BCUT2D eigenvalue weighted by atomic mass is 9.72. The second-order valence-electron chi connectivity index (χ2n) is 8.69. The van der Waals surface area contributed by atoms with E-state index in [-0.39, 0.29) is 11.4 Å². The molecule has 0 N–H and O–H groups in total. The highest BCUT2D eigenvalue weighted by Crippen LogP contribution is 2.42. The first-order chi connectivity index (χ1) is 15.4. The van der Waals surface area contributed by atoms with Crippen LogP contribution in [0.4, 0.5) is 0 Å². The van der Waals surface area contributed by atoms with Crippen LogP contribution in [-0.4, -0.2) is 20.2 Å². The Morgan fingerprint density at radius 2 is 1.53 bits per heavy atom. The molecule has 3 aromatic rings. The summed E-state index contributed by atoms with van der Waals surface area (Å²) in [7, 11) is 3.08. The molecule has 0 atom stereocenters. The SMILES string of the molecule is COC(=O)c1ccc(/C=C/c2ccc3c(c2)C(c2ccc(OC)cc2)=CCC3(C)C)cc1. The highest BCUT2D eigenvalue weighted by atomic mass is 16.5. The van der Waals surface area contributed by atoms with E-state index in [9.17, 15) is 4.79 Å². The maximum Gasteiger partial charge on any atom is 0.337 e. The lowest BCUT2D eigenvalue weighted by Crippen LogP contribution is -2.21. The molecule has 0 spiro atoms. The van der Waals surface area contributed by atoms with Crippen LogP contribution in [0.1, 0.15) is 58.4 Å². The molecule has 0 amide bonds. The van der Waals surface area contributed by atoms with Crippen molar-refractivity contribution in [3.8, 4) is 5.75 Å². The number of allylic oxidation sites excluding steroid dienone is 1. The lowest BCUT2D eigenvalue weighted by molar-refractivity contribution is 0.0600. The molecular weight excluding hydrogens is 396 g/mol. The molecule has 162 valence electrons. The largest absolute Gasteiger partial charge is 0.497 e. The number of carbonyl (C=O) groups is 1. The van der Waals surface area contributed by atoms with Gasteiger partial charge in [-0.1, -0.05) is 68.5 Å². The van der Waals surface area contributed by atoms with E-state index in [0.717, 1.165) is 23.3 Å². The summed E-state index contributed by atoms with van der Waals surface area (Å²) in [5.41, 5.74) is 7.91. The van der Waals surface area contributed by atoms with Crippen LogP contribution >= 0.6 is 0 Å². The molecule has 0 saturated heterocycles. The minimum Gasteiger partial charge on any atom is -0.497 e. The van der Waals surface area contributed by atoms with Gasteiger partial charge in [-0.3, -0.25) is 0 Å². The van der Waals surface area contributed by atoms with Crippen LogP contribution in [0.3, 0.4) is 0 Å². The summed E-state index contributed by atoms with van der Waals surface area (Å²) in [6.07, 6.45) is 7.53. The summed E-state index contributed by atoms with van der Waals surface area (Å²) in [6, 6.07) is 22.4. The summed E-state index contributed by atoms with van der Waals surface area (Å²) in [5.74, 6) is 0.538. The van der Waals surface area contributed by atoms with Crippen molar-refractivity contribution in [2.45, 2.75) is 25.7 Å². The fraction of sp³-hybridized carbons (Fsp3) is 0.207. The van der Waals surface area contributed by atoms with Gasteiger partial charge in [0, 0.05) is 0 Å². The number of ether oxygens (including phenoxy) is 2. The predicted molar refractivity (Wildman–Crippen MR) is 131 cm³/mol. The molecule has 4 rings (SSSR count). The van der Waals surface area contributed by atoms with Gasteiger partial charge in [0.15, 0.2) is 0 Å². The topological polar surface area (TPSA) is 35.5 Å². The molecule has 3 heteroatoms. The van der Waals surface area contributed by atoms with Crippen LogP contribution in [-0.2, 0) is 10.2 Å². The highest BCUT2D eigenvalue weighted by Gasteiger charge is 2.28. The number of esters is 1. The van der Waals surface area contributed by atoms with Gasteiger partial charge in [-0.2, -0.15) is 0 Å². The first-order valence-corrected chi connectivity index (χ1v) is 10.8. The Labute approximate surface area is 190 Å². The predicted octanol–water partition coefficient (Wildman–Crippen LogP) is 6.77. The van der Waals surface area contributed by atoms with Crippen LogP contribution in [0.2, 0.25) is 0 Å². The van der Waals surface area contributed by atoms with Gasteiger partial charge >= 0.3 is 5.97 Å². The Morgan fingerprint density at radius 1 is 0.875 bits per heavy atom. The van der Waals surface area contributed by atoms with E-state index in [1.807, 2.05) is 24.3 Å². The van der Waals surface area contributed by atoms with Gasteiger partial charge in [-0.15, -0.1) is 0 Å². The van der Waals surface area contributed by atoms with Crippen molar-refractivity contribution in [2.24, 2.45) is 0 Å². The minimum atomic E-state index is -0.323. The van der Waals surface area contributed by atoms with Gasteiger partial charge in [-0.05, 0) is 75.6 Å². The zero-order valence-corrected chi connectivity index (χ0v) is 19.0. The van der Waals surface area contributed by atoms with Gasteiger partial charge in [0.1, 0.15) is 5.75 Å². The third-order valence-electron chi connectivity index (χ3n) is 6.08. The number of fused-ring (bicyclic) bond motifs is 1. The Kier molecular flexibility index (Phi) is 6.00. The monoisotopic (exact) mass is 424 g/mol. The zero-order chi connectivity index (χ0) is 22.7. The molecule has 0 fully saturated rings. The average Bonchev–Trinajstić information content (AvgIpc) is 2.82. The first-order valence-electron chi connectivity index (χ1n) is 10.8. The van der Waals surface area contributed by atoms with Gasteiger partial charge in [-0.25, -0.2) is 4.79 Å². The van der Waals surface area contributed by atoms with Crippen LogP contribution < -0.4 is 4.74 Å². The van der Waals surface area contributed by atoms with E-state index in [1.54, 1.807) is 19.2 Å². The summed E-state index contributed by atoms with van der Waals surface area (Å²) in [6.45, 7) is 4.59. The van der Waals surface area contributed by atoms with Crippen molar-refractivity contribution in [3.05, 3.63) is 106 Å². The number of carbonyl (C=O) groups excluding carboxylic acids is 1. The lowest BCUT2D eigenvalue weighted by Gasteiger charge is -2.32. The van der Waals surface area contributed by atoms with Crippen molar-refractivity contribution in [2.75, 3.05) is 14.2 Å². The normalized spacial score (nSPS) is 14.6. The van der Waals surface area contributed by atoms with Crippen LogP contribution in [0.25, 0.3) is 17.7 Å². The maximum absolute atomic E-state index is 11.6. The van der Waals surface area contributed by atoms with Crippen molar-refractivity contribution in [1.82, 2.24) is 0 Å². The minimum absolute atomic E-state index is 0.0945. The average molecular weight is 425 g/mol. The van der Waals surface area contributed by atoms with Gasteiger partial charge in [0.2, 0.25) is 0 Å². The van der Waals surface area contributed by atoms with E-state index in [2.05, 4.69) is 62.4 Å². The molecule has 0 bridgehead atoms. The van der Waals surface area contributed by atoms with Gasteiger partial charge in [0.25, 0.3) is 0 Å². The standard InChI is InChI=1S/C29H28O3/c1-29(2)18-17-25(22-12-14-24(31-3)15-13-22)26-19-21(9-16-27(26)29)6-5-20-7-10-23(11-8-20)28(30)32-4/h5-17,19H,18H2,1-4H3/b6-5+.